The van der Waals surface area contributed by atoms with Crippen LogP contribution in [0.1, 0.15) is 0 Å². The number of rotatable bonds is 6. The van der Waals surface area contributed by atoms with Gasteiger partial charge in [-0.25, -0.2) is 13.1 Å². The molecule has 0 radical (unpaired) electrons. The molecule has 0 spiro atoms. The Morgan fingerprint density at radius 1 is 1.17 bits per heavy atom. The van der Waals surface area contributed by atoms with Gasteiger partial charge in [0.1, 0.15) is 17.3 Å². The average molecular weight is 331 g/mol. The van der Waals surface area contributed by atoms with E-state index in [2.05, 4.69) is 9.82 Å². The van der Waals surface area contributed by atoms with E-state index < -0.39 is 10.0 Å². The van der Waals surface area contributed by atoms with Crippen molar-refractivity contribution in [2.24, 2.45) is 7.05 Å². The summed E-state index contributed by atoms with van der Waals surface area (Å²) >= 11 is 0. The molecule has 7 heteroatoms. The second kappa shape index (κ2) is 6.39. The van der Waals surface area contributed by atoms with E-state index in [1.807, 2.05) is 42.5 Å². The maximum Gasteiger partial charge on any atom is 0.243 e. The minimum atomic E-state index is -3.54. The van der Waals surface area contributed by atoms with E-state index >= 15 is 0 Å². The first-order valence-corrected chi connectivity index (χ1v) is 8.63. The standard InChI is InChI=1S/C16H17N3O3S/c1-19-12-16(11-17-19)23(20,21)18-8-9-22-15-7-6-13-4-2-3-5-14(13)10-15/h2-7,10-12,18H,8-9H2,1H3. The first-order chi connectivity index (χ1) is 11.0. The summed E-state index contributed by atoms with van der Waals surface area (Å²) in [6.45, 7) is 0.432. The highest BCUT2D eigenvalue weighted by Crippen LogP contribution is 2.20. The molecule has 0 aliphatic rings. The highest BCUT2D eigenvalue weighted by molar-refractivity contribution is 7.89. The first kappa shape index (κ1) is 15.5. The lowest BCUT2D eigenvalue weighted by atomic mass is 10.1. The van der Waals surface area contributed by atoms with Crippen molar-refractivity contribution in [1.82, 2.24) is 14.5 Å². The molecule has 0 unspecified atom stereocenters. The van der Waals surface area contributed by atoms with Crippen molar-refractivity contribution in [3.8, 4) is 5.75 Å². The molecule has 0 amide bonds. The van der Waals surface area contributed by atoms with Gasteiger partial charge in [0.25, 0.3) is 0 Å². The summed E-state index contributed by atoms with van der Waals surface area (Å²) < 4.78 is 33.6. The SMILES string of the molecule is Cn1cc(S(=O)(=O)NCCOc2ccc3ccccc3c2)cn1. The summed E-state index contributed by atoms with van der Waals surface area (Å²) in [6, 6.07) is 13.8. The number of aryl methyl sites for hydroxylation is 1. The second-order valence-electron chi connectivity index (χ2n) is 5.10. The van der Waals surface area contributed by atoms with Crippen LogP contribution in [0, 0.1) is 0 Å². The Balaban J connectivity index is 1.56. The molecular weight excluding hydrogens is 314 g/mol. The van der Waals surface area contributed by atoms with Crippen LogP contribution in [0.5, 0.6) is 5.75 Å². The monoisotopic (exact) mass is 331 g/mol. The van der Waals surface area contributed by atoms with E-state index in [1.165, 1.54) is 17.1 Å². The number of benzene rings is 2. The number of fused-ring (bicyclic) bond motifs is 1. The smallest absolute Gasteiger partial charge is 0.243 e. The maximum absolute atomic E-state index is 12.0. The van der Waals surface area contributed by atoms with Crippen molar-refractivity contribution >= 4 is 20.8 Å². The van der Waals surface area contributed by atoms with E-state index in [4.69, 9.17) is 4.74 Å². The number of hydrogen-bond donors (Lipinski definition) is 1. The molecule has 6 nitrogen and oxygen atoms in total. The normalized spacial score (nSPS) is 11.7. The lowest BCUT2D eigenvalue weighted by Crippen LogP contribution is -2.28. The molecule has 2 aromatic carbocycles. The quantitative estimate of drug-likeness (QED) is 0.701. The fourth-order valence-corrected chi connectivity index (χ4v) is 3.22. The summed E-state index contributed by atoms with van der Waals surface area (Å²) in [7, 11) is -1.87. The van der Waals surface area contributed by atoms with Gasteiger partial charge in [-0.1, -0.05) is 30.3 Å². The van der Waals surface area contributed by atoms with Crippen LogP contribution in [0.3, 0.4) is 0 Å². The van der Waals surface area contributed by atoms with E-state index in [0.717, 1.165) is 10.8 Å². The summed E-state index contributed by atoms with van der Waals surface area (Å²) in [4.78, 5) is 0.144. The zero-order valence-electron chi connectivity index (χ0n) is 12.6. The van der Waals surface area contributed by atoms with E-state index in [0.29, 0.717) is 5.75 Å². The molecule has 1 N–H and O–H groups in total. The van der Waals surface area contributed by atoms with Gasteiger partial charge in [0, 0.05) is 19.8 Å². The maximum atomic E-state index is 12.0. The van der Waals surface area contributed by atoms with E-state index in [9.17, 15) is 8.42 Å². The fourth-order valence-electron chi connectivity index (χ4n) is 2.22. The van der Waals surface area contributed by atoms with Gasteiger partial charge in [0.2, 0.25) is 10.0 Å². The van der Waals surface area contributed by atoms with E-state index in [-0.39, 0.29) is 18.0 Å². The molecule has 120 valence electrons. The van der Waals surface area contributed by atoms with Crippen LogP contribution < -0.4 is 9.46 Å². The molecule has 0 saturated carbocycles. The number of nitrogens with zero attached hydrogens (tertiary/aromatic N) is 2. The summed E-state index contributed by atoms with van der Waals surface area (Å²) in [6.07, 6.45) is 2.76. The summed E-state index contributed by atoms with van der Waals surface area (Å²) in [5.41, 5.74) is 0. The number of hydrogen-bond acceptors (Lipinski definition) is 4. The van der Waals surface area contributed by atoms with Crippen LogP contribution in [-0.4, -0.2) is 31.3 Å². The van der Waals surface area contributed by atoms with Gasteiger partial charge in [-0.05, 0) is 22.9 Å². The van der Waals surface area contributed by atoms with Crippen LogP contribution in [-0.2, 0) is 17.1 Å². The van der Waals surface area contributed by atoms with Gasteiger partial charge >= 0.3 is 0 Å². The predicted molar refractivity (Wildman–Crippen MR) is 87.8 cm³/mol. The molecule has 0 bridgehead atoms. The average Bonchev–Trinajstić information content (AvgIpc) is 2.99. The number of ether oxygens (including phenoxy) is 1. The van der Waals surface area contributed by atoms with Crippen molar-refractivity contribution in [3.05, 3.63) is 54.9 Å². The van der Waals surface area contributed by atoms with Crippen molar-refractivity contribution < 1.29 is 13.2 Å². The number of sulfonamides is 1. The third kappa shape index (κ3) is 3.69. The third-order valence-electron chi connectivity index (χ3n) is 3.38. The zero-order valence-corrected chi connectivity index (χ0v) is 13.5. The Bertz CT molecular complexity index is 919. The molecule has 0 saturated heterocycles. The molecule has 0 fully saturated rings. The largest absolute Gasteiger partial charge is 0.492 e. The van der Waals surface area contributed by atoms with Crippen LogP contribution in [0.15, 0.2) is 59.8 Å². The van der Waals surface area contributed by atoms with E-state index in [1.54, 1.807) is 7.05 Å². The minimum absolute atomic E-state index is 0.144. The van der Waals surface area contributed by atoms with Crippen LogP contribution in [0.2, 0.25) is 0 Å². The molecule has 1 aromatic heterocycles. The topological polar surface area (TPSA) is 73.2 Å². The lowest BCUT2D eigenvalue weighted by Gasteiger charge is -2.08. The zero-order chi connectivity index (χ0) is 16.3. The minimum Gasteiger partial charge on any atom is -0.492 e. The Kier molecular flexibility index (Phi) is 4.31. The Labute approximate surface area is 134 Å². The van der Waals surface area contributed by atoms with Crippen molar-refractivity contribution in [2.45, 2.75) is 4.90 Å². The van der Waals surface area contributed by atoms with Crippen molar-refractivity contribution in [3.63, 3.8) is 0 Å². The summed E-state index contributed by atoms with van der Waals surface area (Å²) in [5.74, 6) is 0.712. The molecule has 0 atom stereocenters. The van der Waals surface area contributed by atoms with Gasteiger partial charge in [-0.15, -0.1) is 0 Å². The van der Waals surface area contributed by atoms with Crippen LogP contribution in [0.25, 0.3) is 10.8 Å². The Morgan fingerprint density at radius 2 is 1.96 bits per heavy atom. The van der Waals surface area contributed by atoms with Gasteiger partial charge in [-0.2, -0.15) is 5.10 Å². The van der Waals surface area contributed by atoms with Crippen molar-refractivity contribution in [1.29, 1.82) is 0 Å². The van der Waals surface area contributed by atoms with Gasteiger partial charge in [-0.3, -0.25) is 4.68 Å². The lowest BCUT2D eigenvalue weighted by molar-refractivity contribution is 0.323. The van der Waals surface area contributed by atoms with Gasteiger partial charge in [0.05, 0.1) is 6.20 Å². The van der Waals surface area contributed by atoms with Crippen molar-refractivity contribution in [2.75, 3.05) is 13.2 Å². The molecule has 0 aliphatic heterocycles. The Hall–Kier alpha value is -2.38. The molecular formula is C16H17N3O3S. The van der Waals surface area contributed by atoms with Gasteiger partial charge in [0.15, 0.2) is 0 Å². The van der Waals surface area contributed by atoms with Crippen LogP contribution in [0.4, 0.5) is 0 Å². The fraction of sp³-hybridized carbons (Fsp3) is 0.188. The molecule has 3 aromatic rings. The predicted octanol–water partition coefficient (Wildman–Crippen LogP) is 1.93. The summed E-state index contributed by atoms with van der Waals surface area (Å²) in [5, 5.41) is 6.07. The second-order valence-corrected chi connectivity index (χ2v) is 6.87. The molecule has 3 rings (SSSR count). The van der Waals surface area contributed by atoms with Gasteiger partial charge < -0.3 is 4.74 Å². The third-order valence-corrected chi connectivity index (χ3v) is 4.79. The Morgan fingerprint density at radius 3 is 2.70 bits per heavy atom. The highest BCUT2D eigenvalue weighted by Gasteiger charge is 2.15. The molecule has 0 aliphatic carbocycles. The highest BCUT2D eigenvalue weighted by atomic mass is 32.2. The molecule has 1 heterocycles. The first-order valence-electron chi connectivity index (χ1n) is 7.14. The number of nitrogens with one attached hydrogen (secondary N) is 1. The number of aromatic nitrogens is 2. The molecule has 23 heavy (non-hydrogen) atoms. The van der Waals surface area contributed by atoms with Crippen LogP contribution >= 0.6 is 0 Å².